The van der Waals surface area contributed by atoms with Crippen molar-refractivity contribution >= 4 is 33.5 Å². The SMILES string of the molecule is Nc1cccc2c(=O)c3cccc(C(=O)O)c3[nH]c12. The number of rotatable bonds is 1. The number of carbonyl (C=O) groups is 1. The number of carboxylic acids is 1. The molecule has 0 aliphatic carbocycles. The zero-order valence-electron chi connectivity index (χ0n) is 9.81. The van der Waals surface area contributed by atoms with Crippen molar-refractivity contribution in [1.82, 2.24) is 4.98 Å². The van der Waals surface area contributed by atoms with Crippen LogP contribution in [0.4, 0.5) is 5.69 Å². The van der Waals surface area contributed by atoms with Crippen LogP contribution in [0, 0.1) is 0 Å². The molecule has 0 amide bonds. The topological polar surface area (TPSA) is 96.2 Å². The van der Waals surface area contributed by atoms with Crippen LogP contribution in [0.3, 0.4) is 0 Å². The number of nitrogen functional groups attached to an aromatic ring is 1. The minimum Gasteiger partial charge on any atom is -0.478 e. The number of anilines is 1. The highest BCUT2D eigenvalue weighted by atomic mass is 16.4. The van der Waals surface area contributed by atoms with Crippen LogP contribution < -0.4 is 11.2 Å². The van der Waals surface area contributed by atoms with Crippen molar-refractivity contribution < 1.29 is 9.90 Å². The number of aromatic nitrogens is 1. The van der Waals surface area contributed by atoms with E-state index < -0.39 is 5.97 Å². The predicted octanol–water partition coefficient (Wildman–Crippen LogP) is 1.96. The fraction of sp³-hybridized carbons (Fsp3) is 0. The molecule has 0 radical (unpaired) electrons. The molecule has 94 valence electrons. The molecule has 19 heavy (non-hydrogen) atoms. The lowest BCUT2D eigenvalue weighted by molar-refractivity contribution is 0.0699. The van der Waals surface area contributed by atoms with Gasteiger partial charge in [-0.15, -0.1) is 0 Å². The zero-order chi connectivity index (χ0) is 13.6. The number of hydrogen-bond acceptors (Lipinski definition) is 3. The molecule has 1 heterocycles. The van der Waals surface area contributed by atoms with Gasteiger partial charge in [0.05, 0.1) is 22.3 Å². The number of aromatic amines is 1. The van der Waals surface area contributed by atoms with Crippen LogP contribution in [0.15, 0.2) is 41.2 Å². The molecule has 0 saturated heterocycles. The second-order valence-corrected chi connectivity index (χ2v) is 4.26. The molecule has 0 aliphatic rings. The Kier molecular flexibility index (Phi) is 2.28. The lowest BCUT2D eigenvalue weighted by Gasteiger charge is -2.07. The maximum atomic E-state index is 12.3. The molecule has 4 N–H and O–H groups in total. The van der Waals surface area contributed by atoms with Crippen LogP contribution in [-0.4, -0.2) is 16.1 Å². The monoisotopic (exact) mass is 254 g/mol. The fourth-order valence-electron chi connectivity index (χ4n) is 2.22. The number of benzene rings is 2. The third kappa shape index (κ3) is 1.55. The molecule has 2 aromatic carbocycles. The van der Waals surface area contributed by atoms with Crippen LogP contribution in [-0.2, 0) is 0 Å². The van der Waals surface area contributed by atoms with Gasteiger partial charge in [-0.1, -0.05) is 12.1 Å². The summed E-state index contributed by atoms with van der Waals surface area (Å²) < 4.78 is 0. The van der Waals surface area contributed by atoms with E-state index in [0.717, 1.165) is 0 Å². The Morgan fingerprint density at radius 1 is 1.05 bits per heavy atom. The maximum absolute atomic E-state index is 12.3. The van der Waals surface area contributed by atoms with Gasteiger partial charge in [-0.05, 0) is 24.3 Å². The first-order valence-electron chi connectivity index (χ1n) is 5.66. The van der Waals surface area contributed by atoms with Crippen molar-refractivity contribution in [2.75, 3.05) is 5.73 Å². The van der Waals surface area contributed by atoms with Gasteiger partial charge < -0.3 is 15.8 Å². The molecule has 3 aromatic rings. The van der Waals surface area contributed by atoms with E-state index in [9.17, 15) is 9.59 Å². The average Bonchev–Trinajstić information content (AvgIpc) is 2.39. The quantitative estimate of drug-likeness (QED) is 0.457. The van der Waals surface area contributed by atoms with Gasteiger partial charge in [-0.25, -0.2) is 4.79 Å². The molecule has 0 atom stereocenters. The molecule has 0 aliphatic heterocycles. The van der Waals surface area contributed by atoms with E-state index in [4.69, 9.17) is 10.8 Å². The number of aromatic carboxylic acids is 1. The summed E-state index contributed by atoms with van der Waals surface area (Å²) in [7, 11) is 0. The number of pyridine rings is 1. The summed E-state index contributed by atoms with van der Waals surface area (Å²) >= 11 is 0. The van der Waals surface area contributed by atoms with Crippen molar-refractivity contribution in [2.24, 2.45) is 0 Å². The molecule has 0 saturated carbocycles. The Morgan fingerprint density at radius 2 is 1.68 bits per heavy atom. The van der Waals surface area contributed by atoms with Gasteiger partial charge in [0.2, 0.25) is 0 Å². The molecular weight excluding hydrogens is 244 g/mol. The minimum atomic E-state index is -1.09. The van der Waals surface area contributed by atoms with Crippen LogP contribution >= 0.6 is 0 Å². The van der Waals surface area contributed by atoms with Gasteiger partial charge in [0.25, 0.3) is 0 Å². The second kappa shape index (κ2) is 3.84. The largest absolute Gasteiger partial charge is 0.478 e. The fourth-order valence-corrected chi connectivity index (χ4v) is 2.22. The number of H-pyrrole nitrogens is 1. The number of nitrogens with two attached hydrogens (primary N) is 1. The van der Waals surface area contributed by atoms with Crippen LogP contribution in [0.1, 0.15) is 10.4 Å². The summed E-state index contributed by atoms with van der Waals surface area (Å²) in [5.74, 6) is -1.09. The van der Waals surface area contributed by atoms with E-state index in [2.05, 4.69) is 4.98 Å². The molecule has 0 unspecified atom stereocenters. The Morgan fingerprint density at radius 3 is 2.37 bits per heavy atom. The standard InChI is InChI=1S/C14H10N2O3/c15-10-6-2-4-8-12(10)16-11-7(13(8)17)3-1-5-9(11)14(18)19/h1-6H,15H2,(H,16,17)(H,18,19). The molecule has 0 bridgehead atoms. The first-order chi connectivity index (χ1) is 9.09. The van der Waals surface area contributed by atoms with Crippen molar-refractivity contribution in [3.8, 4) is 0 Å². The molecule has 1 aromatic heterocycles. The van der Waals surface area contributed by atoms with Crippen molar-refractivity contribution in [2.45, 2.75) is 0 Å². The molecule has 5 heteroatoms. The highest BCUT2D eigenvalue weighted by Gasteiger charge is 2.13. The summed E-state index contributed by atoms with van der Waals surface area (Å²) in [5.41, 5.74) is 6.83. The second-order valence-electron chi connectivity index (χ2n) is 4.26. The summed E-state index contributed by atoms with van der Waals surface area (Å²) in [5, 5.41) is 9.96. The third-order valence-electron chi connectivity index (χ3n) is 3.13. The van der Waals surface area contributed by atoms with Gasteiger partial charge >= 0.3 is 5.97 Å². The zero-order valence-corrected chi connectivity index (χ0v) is 9.81. The van der Waals surface area contributed by atoms with Gasteiger partial charge in [0.1, 0.15) is 0 Å². The van der Waals surface area contributed by atoms with Gasteiger partial charge in [-0.3, -0.25) is 4.79 Å². The minimum absolute atomic E-state index is 0.0553. The Hall–Kier alpha value is -2.82. The van der Waals surface area contributed by atoms with E-state index in [0.29, 0.717) is 27.5 Å². The maximum Gasteiger partial charge on any atom is 0.337 e. The number of nitrogens with one attached hydrogen (secondary N) is 1. The van der Waals surface area contributed by atoms with Crippen molar-refractivity contribution in [3.63, 3.8) is 0 Å². The summed E-state index contributed by atoms with van der Waals surface area (Å²) in [6.45, 7) is 0. The third-order valence-corrected chi connectivity index (χ3v) is 3.13. The Bertz CT molecular complexity index is 881. The number of hydrogen-bond donors (Lipinski definition) is 3. The summed E-state index contributed by atoms with van der Waals surface area (Å²) in [4.78, 5) is 26.5. The predicted molar refractivity (Wildman–Crippen MR) is 73.4 cm³/mol. The Balaban J connectivity index is 2.62. The van der Waals surface area contributed by atoms with Gasteiger partial charge in [-0.2, -0.15) is 0 Å². The van der Waals surface area contributed by atoms with Gasteiger partial charge in [0, 0.05) is 10.8 Å². The summed E-state index contributed by atoms with van der Waals surface area (Å²) in [6.07, 6.45) is 0. The van der Waals surface area contributed by atoms with Crippen LogP contribution in [0.5, 0.6) is 0 Å². The van der Waals surface area contributed by atoms with Crippen molar-refractivity contribution in [1.29, 1.82) is 0 Å². The van der Waals surface area contributed by atoms with E-state index in [1.807, 2.05) is 0 Å². The van der Waals surface area contributed by atoms with Crippen LogP contribution in [0.25, 0.3) is 21.8 Å². The normalized spacial score (nSPS) is 10.9. The Labute approximate surface area is 107 Å². The highest BCUT2D eigenvalue weighted by Crippen LogP contribution is 2.21. The number of fused-ring (bicyclic) bond motifs is 2. The smallest absolute Gasteiger partial charge is 0.337 e. The average molecular weight is 254 g/mol. The van der Waals surface area contributed by atoms with E-state index in [1.165, 1.54) is 6.07 Å². The van der Waals surface area contributed by atoms with E-state index >= 15 is 0 Å². The first-order valence-corrected chi connectivity index (χ1v) is 5.66. The lowest BCUT2D eigenvalue weighted by Crippen LogP contribution is -2.08. The summed E-state index contributed by atoms with van der Waals surface area (Å²) in [6, 6.07) is 9.62. The molecule has 0 fully saturated rings. The van der Waals surface area contributed by atoms with E-state index in [1.54, 1.807) is 30.3 Å². The number of para-hydroxylation sites is 2. The highest BCUT2D eigenvalue weighted by molar-refractivity contribution is 6.06. The molecule has 3 rings (SSSR count). The molecular formula is C14H10N2O3. The molecule has 0 spiro atoms. The van der Waals surface area contributed by atoms with E-state index in [-0.39, 0.29) is 11.0 Å². The molecule has 5 nitrogen and oxygen atoms in total. The van der Waals surface area contributed by atoms with Crippen molar-refractivity contribution in [3.05, 3.63) is 52.2 Å². The lowest BCUT2D eigenvalue weighted by atomic mass is 10.1. The first kappa shape index (κ1) is 11.3. The van der Waals surface area contributed by atoms with Crippen LogP contribution in [0.2, 0.25) is 0 Å². The van der Waals surface area contributed by atoms with Gasteiger partial charge in [0.15, 0.2) is 5.43 Å². The number of carboxylic acid groups (broad SMARTS) is 1.